The van der Waals surface area contributed by atoms with Crippen LogP contribution in [-0.2, 0) is 4.84 Å². The Hall–Kier alpha value is -0.540. The number of hydroxylamine groups is 2. The maximum absolute atomic E-state index is 5.86. The van der Waals surface area contributed by atoms with Gasteiger partial charge in [-0.3, -0.25) is 9.90 Å². The predicted octanol–water partition coefficient (Wildman–Crippen LogP) is 2.29. The van der Waals surface area contributed by atoms with E-state index in [4.69, 9.17) is 10.6 Å². The molecule has 0 aromatic heterocycles. The third kappa shape index (κ3) is 2.95. The minimum atomic E-state index is -0.0921. The van der Waals surface area contributed by atoms with E-state index in [0.717, 1.165) is 25.9 Å². The number of nitrogens with two attached hydrogens (primary N) is 1. The topological polar surface area (TPSA) is 38.5 Å². The van der Waals surface area contributed by atoms with Crippen molar-refractivity contribution in [3.8, 4) is 0 Å². The van der Waals surface area contributed by atoms with E-state index in [1.54, 1.807) is 0 Å². The van der Waals surface area contributed by atoms with Gasteiger partial charge in [0.25, 0.3) is 0 Å². The summed E-state index contributed by atoms with van der Waals surface area (Å²) in [5.41, 5.74) is 5.52. The molecule has 0 bridgehead atoms. The highest BCUT2D eigenvalue weighted by Crippen LogP contribution is 2.41. The van der Waals surface area contributed by atoms with Gasteiger partial charge in [-0.25, -0.2) is 0 Å². The standard InChI is InChI=1S/C12H24N2O/c1-11(2)10-14(15-12(11,3)4)9-7-5-6-8-13/h7,9H,5-6,8,10,13H2,1-4H3/b9-7+. The van der Waals surface area contributed by atoms with E-state index < -0.39 is 0 Å². The molecule has 0 atom stereocenters. The number of hydrogen-bond donors (Lipinski definition) is 1. The van der Waals surface area contributed by atoms with Crippen LogP contribution in [0.4, 0.5) is 0 Å². The van der Waals surface area contributed by atoms with Crippen molar-refractivity contribution >= 4 is 0 Å². The highest BCUT2D eigenvalue weighted by atomic mass is 16.7. The molecule has 1 aliphatic heterocycles. The summed E-state index contributed by atoms with van der Waals surface area (Å²) in [5, 5.41) is 1.94. The zero-order valence-electron chi connectivity index (χ0n) is 10.4. The molecule has 0 amide bonds. The number of rotatable bonds is 4. The maximum Gasteiger partial charge on any atom is 0.0974 e. The Morgan fingerprint density at radius 1 is 1.33 bits per heavy atom. The van der Waals surface area contributed by atoms with Crippen molar-refractivity contribution in [1.82, 2.24) is 5.06 Å². The van der Waals surface area contributed by atoms with Crippen molar-refractivity contribution in [2.75, 3.05) is 13.1 Å². The van der Waals surface area contributed by atoms with Gasteiger partial charge in [-0.1, -0.05) is 19.9 Å². The quantitative estimate of drug-likeness (QED) is 0.727. The SMILES string of the molecule is CC1(C)CN(/C=C/CCCN)OC1(C)C. The van der Waals surface area contributed by atoms with Crippen molar-refractivity contribution < 1.29 is 4.84 Å². The van der Waals surface area contributed by atoms with Gasteiger partial charge in [-0.2, -0.15) is 0 Å². The fourth-order valence-corrected chi connectivity index (χ4v) is 1.54. The summed E-state index contributed by atoms with van der Waals surface area (Å²) < 4.78 is 0. The van der Waals surface area contributed by atoms with Crippen LogP contribution in [0.3, 0.4) is 0 Å². The van der Waals surface area contributed by atoms with E-state index in [-0.39, 0.29) is 11.0 Å². The van der Waals surface area contributed by atoms with Gasteiger partial charge in [-0.05, 0) is 33.2 Å². The van der Waals surface area contributed by atoms with Gasteiger partial charge in [0.15, 0.2) is 0 Å². The minimum absolute atomic E-state index is 0.0921. The molecule has 0 radical (unpaired) electrons. The van der Waals surface area contributed by atoms with Crippen LogP contribution in [0.5, 0.6) is 0 Å². The maximum atomic E-state index is 5.86. The summed E-state index contributed by atoms with van der Waals surface area (Å²) in [4.78, 5) is 5.86. The first kappa shape index (κ1) is 12.5. The van der Waals surface area contributed by atoms with Gasteiger partial charge in [0.1, 0.15) is 0 Å². The largest absolute Gasteiger partial charge is 0.330 e. The van der Waals surface area contributed by atoms with Gasteiger partial charge in [0.05, 0.1) is 12.1 Å². The van der Waals surface area contributed by atoms with Crippen LogP contribution < -0.4 is 5.73 Å². The van der Waals surface area contributed by atoms with Gasteiger partial charge in [-0.15, -0.1) is 0 Å². The predicted molar refractivity (Wildman–Crippen MR) is 63.1 cm³/mol. The minimum Gasteiger partial charge on any atom is -0.330 e. The monoisotopic (exact) mass is 212 g/mol. The molecule has 1 heterocycles. The third-order valence-corrected chi connectivity index (χ3v) is 3.37. The van der Waals surface area contributed by atoms with Crippen LogP contribution in [0.25, 0.3) is 0 Å². The van der Waals surface area contributed by atoms with Gasteiger partial charge >= 0.3 is 0 Å². The summed E-state index contributed by atoms with van der Waals surface area (Å²) in [6, 6.07) is 0. The first-order chi connectivity index (χ1) is 6.89. The van der Waals surface area contributed by atoms with E-state index in [1.165, 1.54) is 0 Å². The lowest BCUT2D eigenvalue weighted by Crippen LogP contribution is -2.36. The van der Waals surface area contributed by atoms with E-state index in [1.807, 2.05) is 11.3 Å². The van der Waals surface area contributed by atoms with E-state index in [2.05, 4.69) is 33.8 Å². The molecule has 3 heteroatoms. The van der Waals surface area contributed by atoms with Gasteiger partial charge in [0.2, 0.25) is 0 Å². The van der Waals surface area contributed by atoms with Crippen molar-refractivity contribution in [3.05, 3.63) is 12.3 Å². The molecule has 0 spiro atoms. The zero-order chi connectivity index (χ0) is 11.5. The molecule has 2 N–H and O–H groups in total. The molecule has 0 aromatic carbocycles. The molecule has 0 unspecified atom stereocenters. The van der Waals surface area contributed by atoms with E-state index in [0.29, 0.717) is 0 Å². The lowest BCUT2D eigenvalue weighted by atomic mass is 9.78. The molecular weight excluding hydrogens is 188 g/mol. The fraction of sp³-hybridized carbons (Fsp3) is 0.833. The Morgan fingerprint density at radius 3 is 2.47 bits per heavy atom. The summed E-state index contributed by atoms with van der Waals surface area (Å²) in [6.07, 6.45) is 6.23. The molecule has 88 valence electrons. The Bertz CT molecular complexity index is 218. The molecule has 1 saturated heterocycles. The molecule has 0 aliphatic carbocycles. The van der Waals surface area contributed by atoms with E-state index in [9.17, 15) is 0 Å². The van der Waals surface area contributed by atoms with Crippen LogP contribution in [0.15, 0.2) is 12.3 Å². The van der Waals surface area contributed by atoms with Gasteiger partial charge in [0, 0.05) is 11.6 Å². The lowest BCUT2D eigenvalue weighted by Gasteiger charge is -2.29. The molecular formula is C12H24N2O. The zero-order valence-corrected chi connectivity index (χ0v) is 10.4. The van der Waals surface area contributed by atoms with Crippen LogP contribution >= 0.6 is 0 Å². The summed E-state index contributed by atoms with van der Waals surface area (Å²) >= 11 is 0. The number of unbranched alkanes of at least 4 members (excludes halogenated alkanes) is 1. The Labute approximate surface area is 93.2 Å². The smallest absolute Gasteiger partial charge is 0.0974 e. The second-order valence-electron chi connectivity index (χ2n) is 5.38. The molecule has 3 nitrogen and oxygen atoms in total. The third-order valence-electron chi connectivity index (χ3n) is 3.37. The van der Waals surface area contributed by atoms with Crippen molar-refractivity contribution in [2.45, 2.75) is 46.1 Å². The summed E-state index contributed by atoms with van der Waals surface area (Å²) in [5.74, 6) is 0. The van der Waals surface area contributed by atoms with Gasteiger partial charge < -0.3 is 5.73 Å². The average Bonchev–Trinajstić information content (AvgIpc) is 2.30. The normalized spacial score (nSPS) is 23.9. The molecule has 1 fully saturated rings. The number of hydrogen-bond acceptors (Lipinski definition) is 3. The summed E-state index contributed by atoms with van der Waals surface area (Å²) in [7, 11) is 0. The van der Waals surface area contributed by atoms with Crippen molar-refractivity contribution in [3.63, 3.8) is 0 Å². The molecule has 0 saturated carbocycles. The first-order valence-corrected chi connectivity index (χ1v) is 5.71. The number of allylic oxidation sites excluding steroid dienone is 1. The molecule has 1 rings (SSSR count). The van der Waals surface area contributed by atoms with Crippen LogP contribution in [-0.4, -0.2) is 23.8 Å². The fourth-order valence-electron chi connectivity index (χ4n) is 1.54. The van der Waals surface area contributed by atoms with Crippen LogP contribution in [0, 0.1) is 5.41 Å². The van der Waals surface area contributed by atoms with Crippen LogP contribution in [0.2, 0.25) is 0 Å². The lowest BCUT2D eigenvalue weighted by molar-refractivity contribution is -0.160. The molecule has 1 aliphatic rings. The highest BCUT2D eigenvalue weighted by molar-refractivity contribution is 4.96. The first-order valence-electron chi connectivity index (χ1n) is 5.71. The van der Waals surface area contributed by atoms with Crippen molar-refractivity contribution in [2.24, 2.45) is 11.1 Å². The molecule has 0 aromatic rings. The second kappa shape index (κ2) is 4.54. The highest BCUT2D eigenvalue weighted by Gasteiger charge is 2.46. The number of nitrogens with zero attached hydrogens (tertiary/aromatic N) is 1. The Balaban J connectivity index is 2.45. The Morgan fingerprint density at radius 2 is 2.00 bits per heavy atom. The second-order valence-corrected chi connectivity index (χ2v) is 5.38. The Kier molecular flexibility index (Phi) is 3.79. The average molecular weight is 212 g/mol. The van der Waals surface area contributed by atoms with E-state index >= 15 is 0 Å². The van der Waals surface area contributed by atoms with Crippen LogP contribution in [0.1, 0.15) is 40.5 Å². The van der Waals surface area contributed by atoms with Crippen molar-refractivity contribution in [1.29, 1.82) is 0 Å². The molecule has 15 heavy (non-hydrogen) atoms. The summed E-state index contributed by atoms with van der Waals surface area (Å²) in [6.45, 7) is 10.4.